The van der Waals surface area contributed by atoms with Crippen LogP contribution < -0.4 is 15.4 Å². The second-order valence-corrected chi connectivity index (χ2v) is 4.51. The first-order valence-corrected chi connectivity index (χ1v) is 6.03. The Balaban J connectivity index is 2.35. The molecule has 0 aromatic heterocycles. The highest BCUT2D eigenvalue weighted by molar-refractivity contribution is 9.10. The minimum Gasteiger partial charge on any atom is -0.478 e. The van der Waals surface area contributed by atoms with E-state index in [2.05, 4.69) is 26.6 Å². The second-order valence-electron chi connectivity index (χ2n) is 3.60. The summed E-state index contributed by atoms with van der Waals surface area (Å²) >= 11 is 3.30. The molecule has 19 heavy (non-hydrogen) atoms. The van der Waals surface area contributed by atoms with Gasteiger partial charge in [0.25, 0.3) is 5.91 Å². The van der Waals surface area contributed by atoms with Gasteiger partial charge < -0.3 is 10.1 Å². The lowest BCUT2D eigenvalue weighted by Crippen LogP contribution is -2.22. The van der Waals surface area contributed by atoms with E-state index in [1.54, 1.807) is 18.2 Å². The summed E-state index contributed by atoms with van der Waals surface area (Å²) in [5.41, 5.74) is 0.710. The summed E-state index contributed by atoms with van der Waals surface area (Å²) in [4.78, 5) is 22.4. The molecule has 0 radical (unpaired) electrons. The molecule has 1 saturated heterocycles. The van der Waals surface area contributed by atoms with Gasteiger partial charge in [0.2, 0.25) is 0 Å². The molecule has 0 spiro atoms. The Labute approximate surface area is 117 Å². The lowest BCUT2D eigenvalue weighted by Gasteiger charge is -2.07. The molecule has 1 aromatic rings. The minimum absolute atomic E-state index is 0.101. The van der Waals surface area contributed by atoms with Gasteiger partial charge in [-0.25, -0.2) is 4.79 Å². The minimum atomic E-state index is -0.564. The molecule has 96 valence electrons. The monoisotopic (exact) mass is 321 g/mol. The first-order valence-electron chi connectivity index (χ1n) is 5.23. The number of carbonyl (C=O) groups is 2. The molecule has 0 aliphatic carbocycles. The van der Waals surface area contributed by atoms with Crippen LogP contribution in [0.3, 0.4) is 0 Å². The molecule has 2 rings (SSSR count). The van der Waals surface area contributed by atoms with Crippen LogP contribution in [0, 0.1) is 11.3 Å². The normalized spacial score (nSPS) is 15.9. The van der Waals surface area contributed by atoms with Crippen molar-refractivity contribution >= 4 is 33.9 Å². The molecule has 2 N–H and O–H groups in total. The molecule has 6 nitrogen and oxygen atoms in total. The van der Waals surface area contributed by atoms with Crippen LogP contribution in [0.2, 0.25) is 0 Å². The molecule has 1 heterocycles. The number of hydrogen-bond acceptors (Lipinski definition) is 4. The van der Waals surface area contributed by atoms with E-state index in [-0.39, 0.29) is 12.3 Å². The number of amides is 3. The number of nitrogens with zero attached hydrogens (tertiary/aromatic N) is 1. The zero-order valence-electron chi connectivity index (χ0n) is 9.57. The predicted octanol–water partition coefficient (Wildman–Crippen LogP) is 1.53. The Morgan fingerprint density at radius 1 is 1.37 bits per heavy atom. The number of ether oxygens (including phenoxy) is 1. The third-order valence-corrected chi connectivity index (χ3v) is 2.78. The fourth-order valence-corrected chi connectivity index (χ4v) is 1.89. The van der Waals surface area contributed by atoms with Crippen molar-refractivity contribution in [3.05, 3.63) is 33.9 Å². The summed E-state index contributed by atoms with van der Waals surface area (Å²) in [6, 6.07) is 6.44. The van der Waals surface area contributed by atoms with Gasteiger partial charge in [0.05, 0.1) is 0 Å². The van der Waals surface area contributed by atoms with Gasteiger partial charge in [-0.3, -0.25) is 10.1 Å². The van der Waals surface area contributed by atoms with E-state index in [0.717, 1.165) is 4.47 Å². The van der Waals surface area contributed by atoms with Crippen molar-refractivity contribution in [2.45, 2.75) is 0 Å². The van der Waals surface area contributed by atoms with E-state index in [1.165, 1.54) is 6.08 Å². The average Bonchev–Trinajstić information content (AvgIpc) is 2.67. The second kappa shape index (κ2) is 5.54. The fraction of sp³-hybridized carbons (Fsp3) is 0.0833. The standard InChI is InChI=1S/C12H8BrN3O3/c13-8-1-2-10(19-4-3-14)7(5-8)6-9-11(17)16-12(18)15-9/h1-2,5-6H,4H2,(H2,15,16,17,18)/b9-6+. The molecule has 1 fully saturated rings. The summed E-state index contributed by atoms with van der Waals surface area (Å²) in [7, 11) is 0. The van der Waals surface area contributed by atoms with Crippen molar-refractivity contribution in [1.82, 2.24) is 10.6 Å². The lowest BCUT2D eigenvalue weighted by atomic mass is 10.1. The number of hydrogen-bond donors (Lipinski definition) is 2. The summed E-state index contributed by atoms with van der Waals surface area (Å²) in [5.74, 6) is -0.0533. The molecule has 1 aromatic carbocycles. The summed E-state index contributed by atoms with van der Waals surface area (Å²) in [6.07, 6.45) is 1.48. The van der Waals surface area contributed by atoms with E-state index in [9.17, 15) is 9.59 Å². The molecule has 1 aliphatic rings. The number of urea groups is 1. The number of carbonyl (C=O) groups excluding carboxylic acids is 2. The first kappa shape index (κ1) is 13.1. The van der Waals surface area contributed by atoms with Gasteiger partial charge in [0.15, 0.2) is 6.61 Å². The third kappa shape index (κ3) is 3.11. The molecular formula is C12H8BrN3O3. The van der Waals surface area contributed by atoms with Crippen LogP contribution >= 0.6 is 15.9 Å². The van der Waals surface area contributed by atoms with Crippen molar-refractivity contribution in [2.24, 2.45) is 0 Å². The van der Waals surface area contributed by atoms with Crippen LogP contribution in [-0.4, -0.2) is 18.5 Å². The van der Waals surface area contributed by atoms with Gasteiger partial charge in [-0.2, -0.15) is 5.26 Å². The topological polar surface area (TPSA) is 91.2 Å². The maximum atomic E-state index is 11.4. The average molecular weight is 322 g/mol. The molecular weight excluding hydrogens is 314 g/mol. The van der Waals surface area contributed by atoms with E-state index in [1.807, 2.05) is 6.07 Å². The Morgan fingerprint density at radius 3 is 2.79 bits per heavy atom. The van der Waals surface area contributed by atoms with Gasteiger partial charge in [-0.15, -0.1) is 0 Å². The maximum Gasteiger partial charge on any atom is 0.326 e. The van der Waals surface area contributed by atoms with Gasteiger partial charge >= 0.3 is 6.03 Å². The Morgan fingerprint density at radius 2 is 2.16 bits per heavy atom. The maximum absolute atomic E-state index is 11.4. The molecule has 1 aliphatic heterocycles. The number of benzene rings is 1. The SMILES string of the molecule is N#CCOc1ccc(Br)cc1/C=C1/NC(=O)NC1=O. The van der Waals surface area contributed by atoms with E-state index in [0.29, 0.717) is 11.3 Å². The van der Waals surface area contributed by atoms with E-state index in [4.69, 9.17) is 10.00 Å². The van der Waals surface area contributed by atoms with Gasteiger partial charge in [-0.1, -0.05) is 15.9 Å². The zero-order chi connectivity index (χ0) is 13.8. The third-order valence-electron chi connectivity index (χ3n) is 2.28. The van der Waals surface area contributed by atoms with Crippen LogP contribution in [0.15, 0.2) is 28.4 Å². The highest BCUT2D eigenvalue weighted by Crippen LogP contribution is 2.25. The van der Waals surface area contributed by atoms with Crippen LogP contribution in [0.4, 0.5) is 4.79 Å². The fourth-order valence-electron chi connectivity index (χ4n) is 1.51. The quantitative estimate of drug-likeness (QED) is 0.652. The molecule has 0 saturated carbocycles. The Kier molecular flexibility index (Phi) is 3.82. The van der Waals surface area contributed by atoms with Crippen molar-refractivity contribution in [1.29, 1.82) is 5.26 Å². The van der Waals surface area contributed by atoms with E-state index < -0.39 is 11.9 Å². The Bertz CT molecular complexity index is 619. The zero-order valence-corrected chi connectivity index (χ0v) is 11.2. The first-order chi connectivity index (χ1) is 9.10. The predicted molar refractivity (Wildman–Crippen MR) is 69.9 cm³/mol. The highest BCUT2D eigenvalue weighted by atomic mass is 79.9. The number of rotatable bonds is 3. The van der Waals surface area contributed by atoms with Crippen molar-refractivity contribution < 1.29 is 14.3 Å². The van der Waals surface area contributed by atoms with Crippen molar-refractivity contribution in [3.8, 4) is 11.8 Å². The van der Waals surface area contributed by atoms with Crippen LogP contribution in [-0.2, 0) is 4.79 Å². The molecule has 0 bridgehead atoms. The van der Waals surface area contributed by atoms with Gasteiger partial charge in [0.1, 0.15) is 17.5 Å². The number of nitriles is 1. The largest absolute Gasteiger partial charge is 0.478 e. The molecule has 3 amide bonds. The number of halogens is 1. The molecule has 7 heteroatoms. The summed E-state index contributed by atoms with van der Waals surface area (Å²) in [5, 5.41) is 13.0. The van der Waals surface area contributed by atoms with Crippen LogP contribution in [0.1, 0.15) is 5.56 Å². The van der Waals surface area contributed by atoms with Crippen molar-refractivity contribution in [3.63, 3.8) is 0 Å². The Hall–Kier alpha value is -2.33. The van der Waals surface area contributed by atoms with Crippen LogP contribution in [0.5, 0.6) is 5.75 Å². The number of nitrogens with one attached hydrogen (secondary N) is 2. The van der Waals surface area contributed by atoms with Gasteiger partial charge in [0, 0.05) is 10.0 Å². The van der Waals surface area contributed by atoms with Crippen molar-refractivity contribution in [2.75, 3.05) is 6.61 Å². The highest BCUT2D eigenvalue weighted by Gasteiger charge is 2.23. The lowest BCUT2D eigenvalue weighted by molar-refractivity contribution is -0.115. The summed E-state index contributed by atoms with van der Waals surface area (Å²) < 4.78 is 6.03. The smallest absolute Gasteiger partial charge is 0.326 e. The van der Waals surface area contributed by atoms with Gasteiger partial charge in [-0.05, 0) is 24.3 Å². The van der Waals surface area contributed by atoms with E-state index >= 15 is 0 Å². The molecule has 0 atom stereocenters. The summed E-state index contributed by atoms with van der Waals surface area (Å²) in [6.45, 7) is -0.101. The molecule has 0 unspecified atom stereocenters. The van der Waals surface area contributed by atoms with Crippen LogP contribution in [0.25, 0.3) is 6.08 Å². The number of imide groups is 1.